The normalized spacial score (nSPS) is 13.9. The zero-order valence-corrected chi connectivity index (χ0v) is 22.0. The summed E-state index contributed by atoms with van der Waals surface area (Å²) in [7, 11) is -1.60. The molecule has 0 fully saturated rings. The minimum absolute atomic E-state index is 0.189. The summed E-state index contributed by atoms with van der Waals surface area (Å²) in [5.41, 5.74) is 6.73. The van der Waals surface area contributed by atoms with Gasteiger partial charge in [0.25, 0.3) is 9.04 Å². The summed E-state index contributed by atoms with van der Waals surface area (Å²) in [4.78, 5) is 28.6. The predicted octanol–water partition coefficient (Wildman–Crippen LogP) is 3.72. The number of benzene rings is 2. The Morgan fingerprint density at radius 1 is 0.839 bits per heavy atom. The van der Waals surface area contributed by atoms with Crippen molar-refractivity contribution in [2.75, 3.05) is 0 Å². The molecule has 0 aliphatic heterocycles. The van der Waals surface area contributed by atoms with E-state index in [9.17, 15) is 4.80 Å². The first-order valence-electron chi connectivity index (χ1n) is 9.89. The van der Waals surface area contributed by atoms with Crippen LogP contribution < -0.4 is 10.4 Å². The van der Waals surface area contributed by atoms with Gasteiger partial charge in [0.15, 0.2) is 0 Å². The molecule has 2 aromatic carbocycles. The number of rotatable bonds is 2. The Morgan fingerprint density at radius 2 is 1.26 bits per heavy atom. The van der Waals surface area contributed by atoms with Gasteiger partial charge >= 0.3 is 34.8 Å². The van der Waals surface area contributed by atoms with E-state index in [1.54, 1.807) is 0 Å². The van der Waals surface area contributed by atoms with E-state index >= 15 is 0 Å². The third-order valence-corrected chi connectivity index (χ3v) is 7.93. The number of hydrogen-bond acceptors (Lipinski definition) is 3. The van der Waals surface area contributed by atoms with Crippen molar-refractivity contribution in [2.45, 2.75) is 48.5 Å². The molecule has 5 heteroatoms. The zero-order chi connectivity index (χ0) is 23.6. The SMILES string of the molecule is CC1=[C-]C(C)(C)C(C)=C1C.Cc1ccccc1[Si](O)c1ccccc1C.O=[C]=[Ru]=[C]=O. The van der Waals surface area contributed by atoms with E-state index < -0.39 is 25.3 Å². The molecule has 0 aromatic heterocycles. The molecule has 0 atom stereocenters. The van der Waals surface area contributed by atoms with Crippen LogP contribution >= 0.6 is 0 Å². The third kappa shape index (κ3) is 7.82. The molecular weight excluding hydrogens is 489 g/mol. The van der Waals surface area contributed by atoms with E-state index in [1.807, 2.05) is 36.4 Å². The zero-order valence-electron chi connectivity index (χ0n) is 19.2. The fraction of sp³-hybridized carbons (Fsp3) is 0.308. The van der Waals surface area contributed by atoms with Gasteiger partial charge in [-0.15, -0.1) is 6.92 Å². The van der Waals surface area contributed by atoms with Gasteiger partial charge in [0.1, 0.15) is 0 Å². The van der Waals surface area contributed by atoms with Crippen molar-refractivity contribution in [3.63, 3.8) is 0 Å². The van der Waals surface area contributed by atoms with Gasteiger partial charge in [0, 0.05) is 0 Å². The van der Waals surface area contributed by atoms with Gasteiger partial charge in [-0.1, -0.05) is 81.6 Å². The van der Waals surface area contributed by atoms with E-state index in [2.05, 4.69) is 66.7 Å². The van der Waals surface area contributed by atoms with E-state index in [1.165, 1.54) is 36.8 Å². The van der Waals surface area contributed by atoms with E-state index in [-0.39, 0.29) is 5.41 Å². The molecule has 165 valence electrons. The minimum atomic E-state index is -1.60. The van der Waals surface area contributed by atoms with Crippen LogP contribution in [0.4, 0.5) is 0 Å². The van der Waals surface area contributed by atoms with Gasteiger partial charge in [0.05, 0.1) is 0 Å². The van der Waals surface area contributed by atoms with Crippen LogP contribution in [0.25, 0.3) is 0 Å². The van der Waals surface area contributed by atoms with Gasteiger partial charge in [0.2, 0.25) is 0 Å². The molecule has 3 rings (SSSR count). The standard InChI is InChI=1S/C14H15OSi.C10H15.2CO.Ru/c1-11-7-3-5-9-13(11)16(15)14-10-6-4-8-12(14)2;1-7-6-10(4,5)9(3)8(7)2;2*1-2;/h3-10,15H,1-2H3;1-5H3;;;/q;-1;;;. The van der Waals surface area contributed by atoms with Gasteiger partial charge in [-0.25, -0.2) is 5.57 Å². The summed E-state index contributed by atoms with van der Waals surface area (Å²) in [5.74, 6) is 0. The summed E-state index contributed by atoms with van der Waals surface area (Å²) in [6, 6.07) is 16.1. The number of aryl methyl sites for hydroxylation is 2. The molecule has 1 radical (unpaired) electrons. The predicted molar refractivity (Wildman–Crippen MR) is 126 cm³/mol. The molecule has 31 heavy (non-hydrogen) atoms. The topological polar surface area (TPSA) is 54.4 Å². The van der Waals surface area contributed by atoms with Crippen molar-refractivity contribution in [1.29, 1.82) is 0 Å². The van der Waals surface area contributed by atoms with E-state index in [0.717, 1.165) is 10.4 Å². The second-order valence-corrected chi connectivity index (χ2v) is 10.8. The molecule has 1 aliphatic carbocycles. The summed E-state index contributed by atoms with van der Waals surface area (Å²) in [5, 5.41) is 2.17. The molecule has 0 saturated heterocycles. The van der Waals surface area contributed by atoms with Gasteiger partial charge in [-0.2, -0.15) is 11.1 Å². The van der Waals surface area contributed by atoms with E-state index in [4.69, 9.17) is 9.59 Å². The van der Waals surface area contributed by atoms with Crippen molar-refractivity contribution in [3.05, 3.63) is 82.5 Å². The van der Waals surface area contributed by atoms with Crippen LogP contribution in [0.15, 0.2) is 65.3 Å². The Labute approximate surface area is 194 Å². The van der Waals surface area contributed by atoms with Crippen molar-refractivity contribution < 1.29 is 30.6 Å². The average Bonchev–Trinajstić information content (AvgIpc) is 2.91. The van der Waals surface area contributed by atoms with Crippen LogP contribution in [0.2, 0.25) is 0 Å². The van der Waals surface area contributed by atoms with Gasteiger partial charge < -0.3 is 4.80 Å². The Morgan fingerprint density at radius 3 is 1.48 bits per heavy atom. The maximum absolute atomic E-state index is 10.5. The first kappa shape index (κ1) is 26.9. The van der Waals surface area contributed by atoms with Gasteiger partial charge in [-0.05, 0) is 35.3 Å². The van der Waals surface area contributed by atoms with Crippen molar-refractivity contribution in [3.8, 4) is 0 Å². The fourth-order valence-corrected chi connectivity index (χ4v) is 5.03. The van der Waals surface area contributed by atoms with Crippen LogP contribution in [0, 0.1) is 25.3 Å². The second-order valence-electron chi connectivity index (χ2n) is 7.84. The second kappa shape index (κ2) is 12.7. The summed E-state index contributed by atoms with van der Waals surface area (Å²) in [6.07, 6.45) is 3.44. The molecule has 0 spiro atoms. The Bertz CT molecular complexity index is 1020. The molecule has 1 aliphatic rings. The van der Waals surface area contributed by atoms with Gasteiger partial charge in [-0.3, -0.25) is 6.08 Å². The summed E-state index contributed by atoms with van der Waals surface area (Å²) in [6.45, 7) is 15.0. The average molecular weight is 520 g/mol. The molecule has 0 unspecified atom stereocenters. The van der Waals surface area contributed by atoms with Crippen LogP contribution in [0.1, 0.15) is 45.7 Å². The Balaban J connectivity index is 0.000000273. The summed E-state index contributed by atoms with van der Waals surface area (Å²) >= 11 is -0.842. The molecule has 0 heterocycles. The number of allylic oxidation sites excluding steroid dienone is 4. The molecule has 0 saturated carbocycles. The fourth-order valence-electron chi connectivity index (χ4n) is 3.24. The molecule has 0 amide bonds. The molecule has 0 bridgehead atoms. The third-order valence-electron chi connectivity index (χ3n) is 5.44. The van der Waals surface area contributed by atoms with Crippen molar-refractivity contribution in [1.82, 2.24) is 0 Å². The van der Waals surface area contributed by atoms with Crippen LogP contribution in [0.5, 0.6) is 0 Å². The Hall–Kier alpha value is -2.12. The number of hydrogen-bond donors (Lipinski definition) is 1. The van der Waals surface area contributed by atoms with Crippen LogP contribution in [-0.4, -0.2) is 22.8 Å². The first-order valence-corrected chi connectivity index (χ1v) is 13.1. The molecular formula is C26H30O3RuSi-. The Kier molecular flexibility index (Phi) is 11.0. The van der Waals surface area contributed by atoms with E-state index in [0.29, 0.717) is 0 Å². The van der Waals surface area contributed by atoms with Crippen molar-refractivity contribution in [2.24, 2.45) is 5.41 Å². The van der Waals surface area contributed by atoms with Crippen LogP contribution in [-0.2, 0) is 25.8 Å². The molecule has 3 nitrogen and oxygen atoms in total. The van der Waals surface area contributed by atoms with Crippen LogP contribution in [0.3, 0.4) is 0 Å². The molecule has 1 N–H and O–H groups in total. The molecule has 2 aromatic rings. The monoisotopic (exact) mass is 520 g/mol. The number of carbonyl (C=O) groups excluding carboxylic acids is 2. The quantitative estimate of drug-likeness (QED) is 0.486. The summed E-state index contributed by atoms with van der Waals surface area (Å²) < 4.78 is 2.87. The van der Waals surface area contributed by atoms with Crippen molar-refractivity contribution >= 4 is 28.4 Å². The first-order chi connectivity index (χ1) is 14.6. The maximum atomic E-state index is 10.5.